The van der Waals surface area contributed by atoms with Gasteiger partial charge in [-0.05, 0) is 30.7 Å². The highest BCUT2D eigenvalue weighted by Gasteiger charge is 2.10. The van der Waals surface area contributed by atoms with Crippen LogP contribution < -0.4 is 0 Å². The molecule has 0 saturated heterocycles. The Labute approximate surface area is 127 Å². The predicted molar refractivity (Wildman–Crippen MR) is 82.6 cm³/mol. The van der Waals surface area contributed by atoms with Crippen molar-refractivity contribution in [1.29, 1.82) is 0 Å². The third kappa shape index (κ3) is 2.93. The van der Waals surface area contributed by atoms with E-state index >= 15 is 0 Å². The van der Waals surface area contributed by atoms with E-state index in [0.29, 0.717) is 11.0 Å². The molecule has 0 bridgehead atoms. The molecule has 0 atom stereocenters. The van der Waals surface area contributed by atoms with E-state index in [4.69, 9.17) is 11.6 Å². The van der Waals surface area contributed by atoms with Gasteiger partial charge in [0.15, 0.2) is 5.82 Å². The summed E-state index contributed by atoms with van der Waals surface area (Å²) in [6, 6.07) is 16.0. The van der Waals surface area contributed by atoms with Crippen LogP contribution in [0.4, 0.5) is 4.39 Å². The van der Waals surface area contributed by atoms with Crippen molar-refractivity contribution < 1.29 is 4.39 Å². The second kappa shape index (κ2) is 5.62. The Morgan fingerprint density at radius 3 is 2.43 bits per heavy atom. The fraction of sp³-hybridized carbons (Fsp3) is 0.0588. The quantitative estimate of drug-likeness (QED) is 0.628. The highest BCUT2D eigenvalue weighted by Crippen LogP contribution is 2.26. The zero-order chi connectivity index (χ0) is 14.8. The molecular weight excluding hydrogens is 287 g/mol. The Hall–Kier alpha value is -2.26. The molecule has 0 N–H and O–H groups in total. The van der Waals surface area contributed by atoms with Crippen molar-refractivity contribution in [3.8, 4) is 22.6 Å². The van der Waals surface area contributed by atoms with Crippen LogP contribution in [-0.4, -0.2) is 9.97 Å². The van der Waals surface area contributed by atoms with E-state index in [0.717, 1.165) is 22.4 Å². The van der Waals surface area contributed by atoms with E-state index in [-0.39, 0.29) is 5.82 Å². The van der Waals surface area contributed by atoms with E-state index in [2.05, 4.69) is 9.97 Å². The maximum Gasteiger partial charge on any atom is 0.161 e. The van der Waals surface area contributed by atoms with Crippen LogP contribution >= 0.6 is 11.6 Å². The number of aryl methyl sites for hydroxylation is 1. The maximum absolute atomic E-state index is 13.2. The van der Waals surface area contributed by atoms with Crippen LogP contribution in [0, 0.1) is 12.7 Å². The van der Waals surface area contributed by atoms with Gasteiger partial charge in [0, 0.05) is 17.2 Å². The van der Waals surface area contributed by atoms with Crippen LogP contribution in [0.25, 0.3) is 22.6 Å². The summed E-state index contributed by atoms with van der Waals surface area (Å²) in [5.74, 6) is 0.223. The summed E-state index contributed by atoms with van der Waals surface area (Å²) >= 11 is 6.11. The minimum absolute atomic E-state index is 0.276. The predicted octanol–water partition coefficient (Wildman–Crippen LogP) is 4.91. The first-order valence-electron chi connectivity index (χ1n) is 6.50. The van der Waals surface area contributed by atoms with Crippen molar-refractivity contribution >= 4 is 11.6 Å². The Bertz CT molecular complexity index is 788. The molecule has 1 heterocycles. The van der Waals surface area contributed by atoms with Crippen molar-refractivity contribution in [3.05, 3.63) is 71.1 Å². The third-order valence-electron chi connectivity index (χ3n) is 3.19. The van der Waals surface area contributed by atoms with Crippen LogP contribution in [0.2, 0.25) is 5.15 Å². The Kier molecular flexibility index (Phi) is 3.67. The van der Waals surface area contributed by atoms with Gasteiger partial charge in [0.25, 0.3) is 0 Å². The first-order chi connectivity index (χ1) is 10.1. The number of halogens is 2. The fourth-order valence-corrected chi connectivity index (χ4v) is 2.36. The number of hydrogen-bond acceptors (Lipinski definition) is 2. The van der Waals surface area contributed by atoms with Crippen molar-refractivity contribution in [2.24, 2.45) is 0 Å². The van der Waals surface area contributed by atoms with Crippen molar-refractivity contribution in [3.63, 3.8) is 0 Å². The molecule has 1 aromatic heterocycles. The molecule has 4 heteroatoms. The zero-order valence-electron chi connectivity index (χ0n) is 11.3. The van der Waals surface area contributed by atoms with Crippen LogP contribution in [0.3, 0.4) is 0 Å². The van der Waals surface area contributed by atoms with Gasteiger partial charge >= 0.3 is 0 Å². The summed E-state index contributed by atoms with van der Waals surface area (Å²) in [6.45, 7) is 1.82. The summed E-state index contributed by atoms with van der Waals surface area (Å²) in [6.07, 6.45) is 0. The van der Waals surface area contributed by atoms with Gasteiger partial charge in [0.2, 0.25) is 0 Å². The Balaban J connectivity index is 2.14. The summed E-state index contributed by atoms with van der Waals surface area (Å²) in [5, 5.41) is 0.363. The summed E-state index contributed by atoms with van der Waals surface area (Å²) in [4.78, 5) is 8.80. The smallest absolute Gasteiger partial charge is 0.161 e. The molecule has 0 fully saturated rings. The molecule has 0 radical (unpaired) electrons. The number of hydrogen-bond donors (Lipinski definition) is 0. The third-order valence-corrected chi connectivity index (χ3v) is 3.39. The van der Waals surface area contributed by atoms with Gasteiger partial charge in [-0.3, -0.25) is 0 Å². The lowest BCUT2D eigenvalue weighted by Crippen LogP contribution is -1.95. The minimum atomic E-state index is -0.276. The van der Waals surface area contributed by atoms with Crippen LogP contribution in [0.1, 0.15) is 5.56 Å². The Morgan fingerprint density at radius 1 is 0.952 bits per heavy atom. The SMILES string of the molecule is Cc1cc(F)ccc1-c1nc(Cl)cc(-c2ccccc2)n1. The largest absolute Gasteiger partial charge is 0.228 e. The fourth-order valence-electron chi connectivity index (χ4n) is 2.17. The minimum Gasteiger partial charge on any atom is -0.228 e. The number of rotatable bonds is 2. The molecule has 0 amide bonds. The van der Waals surface area contributed by atoms with Crippen LogP contribution in [0.5, 0.6) is 0 Å². The van der Waals surface area contributed by atoms with Gasteiger partial charge < -0.3 is 0 Å². The molecule has 0 spiro atoms. The van der Waals surface area contributed by atoms with Gasteiger partial charge in [-0.25, -0.2) is 14.4 Å². The lowest BCUT2D eigenvalue weighted by atomic mass is 10.1. The molecular formula is C17H12ClFN2. The van der Waals surface area contributed by atoms with E-state index in [1.807, 2.05) is 37.3 Å². The second-order valence-electron chi connectivity index (χ2n) is 4.72. The van der Waals surface area contributed by atoms with Crippen molar-refractivity contribution in [2.75, 3.05) is 0 Å². The second-order valence-corrected chi connectivity index (χ2v) is 5.11. The lowest BCUT2D eigenvalue weighted by Gasteiger charge is -2.08. The molecule has 21 heavy (non-hydrogen) atoms. The molecule has 2 nitrogen and oxygen atoms in total. The molecule has 3 rings (SSSR count). The Morgan fingerprint density at radius 2 is 1.71 bits per heavy atom. The zero-order valence-corrected chi connectivity index (χ0v) is 12.1. The molecule has 3 aromatic rings. The number of nitrogens with zero attached hydrogens (tertiary/aromatic N) is 2. The van der Waals surface area contributed by atoms with E-state index in [1.54, 1.807) is 12.1 Å². The summed E-state index contributed by atoms with van der Waals surface area (Å²) < 4.78 is 13.2. The number of benzene rings is 2. The van der Waals surface area contributed by atoms with E-state index in [1.165, 1.54) is 12.1 Å². The van der Waals surface area contributed by atoms with Gasteiger partial charge in [-0.15, -0.1) is 0 Å². The first-order valence-corrected chi connectivity index (χ1v) is 6.88. The number of aromatic nitrogens is 2. The molecule has 104 valence electrons. The van der Waals surface area contributed by atoms with Crippen molar-refractivity contribution in [2.45, 2.75) is 6.92 Å². The average molecular weight is 299 g/mol. The average Bonchev–Trinajstić information content (AvgIpc) is 2.47. The summed E-state index contributed by atoms with van der Waals surface area (Å²) in [5.41, 5.74) is 3.25. The van der Waals surface area contributed by atoms with Crippen LogP contribution in [0.15, 0.2) is 54.6 Å². The monoisotopic (exact) mass is 298 g/mol. The highest BCUT2D eigenvalue weighted by molar-refractivity contribution is 6.29. The summed E-state index contributed by atoms with van der Waals surface area (Å²) in [7, 11) is 0. The van der Waals surface area contributed by atoms with Gasteiger partial charge in [-0.2, -0.15) is 0 Å². The molecule has 0 saturated carbocycles. The van der Waals surface area contributed by atoms with Gasteiger partial charge in [0.05, 0.1) is 5.69 Å². The lowest BCUT2D eigenvalue weighted by molar-refractivity contribution is 0.627. The van der Waals surface area contributed by atoms with Crippen LogP contribution in [-0.2, 0) is 0 Å². The molecule has 0 aliphatic heterocycles. The van der Waals surface area contributed by atoms with E-state index < -0.39 is 0 Å². The van der Waals surface area contributed by atoms with Gasteiger partial charge in [-0.1, -0.05) is 41.9 Å². The maximum atomic E-state index is 13.2. The highest BCUT2D eigenvalue weighted by atomic mass is 35.5. The standard InChI is InChI=1S/C17H12ClFN2/c1-11-9-13(19)7-8-14(11)17-20-15(10-16(18)21-17)12-5-3-2-4-6-12/h2-10H,1H3. The molecule has 0 aliphatic rings. The van der Waals surface area contributed by atoms with E-state index in [9.17, 15) is 4.39 Å². The van der Waals surface area contributed by atoms with Crippen molar-refractivity contribution in [1.82, 2.24) is 9.97 Å². The normalized spacial score (nSPS) is 10.6. The molecule has 0 aliphatic carbocycles. The molecule has 2 aromatic carbocycles. The topological polar surface area (TPSA) is 25.8 Å². The first kappa shape index (κ1) is 13.7. The van der Waals surface area contributed by atoms with Gasteiger partial charge in [0.1, 0.15) is 11.0 Å². The molecule has 0 unspecified atom stereocenters.